The molecule has 1 aromatic rings. The van der Waals surface area contributed by atoms with Crippen molar-refractivity contribution < 1.29 is 9.13 Å². The van der Waals surface area contributed by atoms with E-state index in [1.54, 1.807) is 12.1 Å². The minimum absolute atomic E-state index is 0.0806. The zero-order valence-corrected chi connectivity index (χ0v) is 13.0. The van der Waals surface area contributed by atoms with Gasteiger partial charge in [-0.05, 0) is 51.1 Å². The third-order valence-electron chi connectivity index (χ3n) is 4.91. The van der Waals surface area contributed by atoms with E-state index in [1.165, 1.54) is 19.0 Å². The average molecular weight is 292 g/mol. The molecule has 0 saturated carbocycles. The summed E-state index contributed by atoms with van der Waals surface area (Å²) in [6.45, 7) is 5.60. The first-order valence-corrected chi connectivity index (χ1v) is 8.04. The molecule has 1 fully saturated rings. The number of ether oxygens (including phenoxy) is 1. The van der Waals surface area contributed by atoms with E-state index >= 15 is 0 Å². The van der Waals surface area contributed by atoms with E-state index in [1.807, 2.05) is 7.05 Å². The van der Waals surface area contributed by atoms with Gasteiger partial charge in [-0.2, -0.15) is 0 Å². The second-order valence-electron chi connectivity index (χ2n) is 6.35. The summed E-state index contributed by atoms with van der Waals surface area (Å²) >= 11 is 0. The first kappa shape index (κ1) is 14.8. The second kappa shape index (κ2) is 5.93. The Labute approximate surface area is 126 Å². The van der Waals surface area contributed by atoms with Gasteiger partial charge in [0.25, 0.3) is 0 Å². The molecule has 0 amide bonds. The summed E-state index contributed by atoms with van der Waals surface area (Å²) in [5.41, 5.74) is 0.877. The maximum atomic E-state index is 13.5. The summed E-state index contributed by atoms with van der Waals surface area (Å²) in [4.78, 5) is 2.52. The number of halogens is 1. The number of piperidine rings is 1. The van der Waals surface area contributed by atoms with Crippen LogP contribution in [0, 0.1) is 5.82 Å². The van der Waals surface area contributed by atoms with Crippen LogP contribution >= 0.6 is 0 Å². The summed E-state index contributed by atoms with van der Waals surface area (Å²) < 4.78 is 19.8. The van der Waals surface area contributed by atoms with Gasteiger partial charge in [0, 0.05) is 31.1 Å². The zero-order valence-electron chi connectivity index (χ0n) is 13.0. The number of hydrogen-bond donors (Lipinski definition) is 1. The summed E-state index contributed by atoms with van der Waals surface area (Å²) in [5, 5.41) is 3.34. The lowest BCUT2D eigenvalue weighted by molar-refractivity contribution is -0.0246. The molecule has 1 spiro atoms. The molecule has 3 nitrogen and oxygen atoms in total. The van der Waals surface area contributed by atoms with Gasteiger partial charge in [-0.1, -0.05) is 6.92 Å². The predicted molar refractivity (Wildman–Crippen MR) is 82.1 cm³/mol. The topological polar surface area (TPSA) is 24.5 Å². The highest BCUT2D eigenvalue weighted by molar-refractivity contribution is 5.39. The number of nitrogens with zero attached hydrogens (tertiary/aromatic N) is 1. The minimum Gasteiger partial charge on any atom is -0.487 e. The van der Waals surface area contributed by atoms with Crippen molar-refractivity contribution in [3.63, 3.8) is 0 Å². The molecular formula is C17H25FN2O. The molecule has 3 rings (SSSR count). The van der Waals surface area contributed by atoms with Crippen molar-refractivity contribution in [2.75, 3.05) is 26.7 Å². The summed E-state index contributed by atoms with van der Waals surface area (Å²) in [6, 6.07) is 5.07. The van der Waals surface area contributed by atoms with E-state index in [-0.39, 0.29) is 17.5 Å². The summed E-state index contributed by atoms with van der Waals surface area (Å²) in [5.74, 6) is 0.664. The molecule has 1 aromatic carbocycles. The molecule has 2 aliphatic rings. The molecule has 2 aliphatic heterocycles. The lowest BCUT2D eigenvalue weighted by Gasteiger charge is -2.47. The highest BCUT2D eigenvalue weighted by Gasteiger charge is 2.42. The molecule has 1 N–H and O–H groups in total. The summed E-state index contributed by atoms with van der Waals surface area (Å²) in [7, 11) is 1.95. The number of benzene rings is 1. The lowest BCUT2D eigenvalue weighted by atomic mass is 9.80. The Hall–Kier alpha value is -1.13. The molecule has 0 bridgehead atoms. The van der Waals surface area contributed by atoms with Gasteiger partial charge in [0.1, 0.15) is 17.2 Å². The van der Waals surface area contributed by atoms with Crippen molar-refractivity contribution in [2.24, 2.45) is 0 Å². The van der Waals surface area contributed by atoms with Gasteiger partial charge in [-0.25, -0.2) is 4.39 Å². The van der Waals surface area contributed by atoms with Crippen molar-refractivity contribution in [1.82, 2.24) is 10.2 Å². The fourth-order valence-corrected chi connectivity index (χ4v) is 3.71. The largest absolute Gasteiger partial charge is 0.487 e. The van der Waals surface area contributed by atoms with Crippen LogP contribution in [-0.4, -0.2) is 37.2 Å². The Kier molecular flexibility index (Phi) is 4.18. The molecule has 4 heteroatoms. The third-order valence-corrected chi connectivity index (χ3v) is 4.91. The van der Waals surface area contributed by atoms with Gasteiger partial charge < -0.3 is 15.0 Å². The van der Waals surface area contributed by atoms with Crippen molar-refractivity contribution in [1.29, 1.82) is 0 Å². The van der Waals surface area contributed by atoms with Gasteiger partial charge >= 0.3 is 0 Å². The number of rotatable bonds is 3. The minimum atomic E-state index is -0.189. The summed E-state index contributed by atoms with van der Waals surface area (Å²) in [6.07, 6.45) is 4.25. The number of hydrogen-bond acceptors (Lipinski definition) is 3. The monoisotopic (exact) mass is 292 g/mol. The van der Waals surface area contributed by atoms with Gasteiger partial charge in [-0.15, -0.1) is 0 Å². The van der Waals surface area contributed by atoms with Crippen LogP contribution in [0.15, 0.2) is 18.2 Å². The average Bonchev–Trinajstić information content (AvgIpc) is 2.50. The van der Waals surface area contributed by atoms with E-state index in [2.05, 4.69) is 17.1 Å². The maximum absolute atomic E-state index is 13.5. The molecule has 0 radical (unpaired) electrons. The van der Waals surface area contributed by atoms with Crippen LogP contribution in [0.1, 0.15) is 44.2 Å². The van der Waals surface area contributed by atoms with Crippen LogP contribution in [0.3, 0.4) is 0 Å². The lowest BCUT2D eigenvalue weighted by Crippen LogP contribution is -2.51. The second-order valence-corrected chi connectivity index (χ2v) is 6.35. The van der Waals surface area contributed by atoms with Crippen LogP contribution < -0.4 is 10.1 Å². The third kappa shape index (κ3) is 2.92. The molecule has 1 atom stereocenters. The zero-order chi connectivity index (χ0) is 14.9. The Morgan fingerprint density at radius 1 is 1.38 bits per heavy atom. The number of nitrogens with one attached hydrogen (secondary N) is 1. The Morgan fingerprint density at radius 2 is 2.14 bits per heavy atom. The quantitative estimate of drug-likeness (QED) is 0.926. The van der Waals surface area contributed by atoms with Crippen molar-refractivity contribution in [2.45, 2.75) is 44.2 Å². The van der Waals surface area contributed by atoms with Crippen molar-refractivity contribution in [3.05, 3.63) is 29.6 Å². The molecule has 1 saturated heterocycles. The molecular weight excluding hydrogens is 267 g/mol. The smallest absolute Gasteiger partial charge is 0.125 e. The van der Waals surface area contributed by atoms with Crippen molar-refractivity contribution in [3.8, 4) is 5.75 Å². The molecule has 0 aliphatic carbocycles. The SMILES string of the molecule is CCCN1CCC2(CC1)CC(NC)c1cc(F)ccc1O2. The number of likely N-dealkylation sites (tertiary alicyclic amines) is 1. The van der Waals surface area contributed by atoms with Crippen LogP contribution in [0.25, 0.3) is 0 Å². The van der Waals surface area contributed by atoms with E-state index < -0.39 is 0 Å². The first-order chi connectivity index (χ1) is 10.2. The Bertz CT molecular complexity index is 498. The standard InChI is InChI=1S/C17H25FN2O/c1-3-8-20-9-6-17(7-10-20)12-15(19-2)14-11-13(18)4-5-16(14)21-17/h4-5,11,15,19H,3,6-10,12H2,1-2H3. The van der Waals surface area contributed by atoms with Gasteiger partial charge in [0.05, 0.1) is 0 Å². The Balaban J connectivity index is 1.79. The molecule has 1 unspecified atom stereocenters. The van der Waals surface area contributed by atoms with E-state index in [4.69, 9.17) is 4.74 Å². The van der Waals surface area contributed by atoms with Crippen LogP contribution in [0.4, 0.5) is 4.39 Å². The maximum Gasteiger partial charge on any atom is 0.125 e. The van der Waals surface area contributed by atoms with Gasteiger partial charge in [0.15, 0.2) is 0 Å². The first-order valence-electron chi connectivity index (χ1n) is 8.04. The van der Waals surface area contributed by atoms with Crippen LogP contribution in [0.2, 0.25) is 0 Å². The fraction of sp³-hybridized carbons (Fsp3) is 0.647. The molecule has 116 valence electrons. The predicted octanol–water partition coefficient (Wildman–Crippen LogP) is 3.11. The molecule has 21 heavy (non-hydrogen) atoms. The molecule has 2 heterocycles. The molecule has 0 aromatic heterocycles. The fourth-order valence-electron chi connectivity index (χ4n) is 3.71. The van der Waals surface area contributed by atoms with Gasteiger partial charge in [0.2, 0.25) is 0 Å². The highest BCUT2D eigenvalue weighted by Crippen LogP contribution is 2.44. The van der Waals surface area contributed by atoms with E-state index in [0.29, 0.717) is 0 Å². The van der Waals surface area contributed by atoms with Crippen LogP contribution in [-0.2, 0) is 0 Å². The van der Waals surface area contributed by atoms with Crippen molar-refractivity contribution >= 4 is 0 Å². The van der Waals surface area contributed by atoms with E-state index in [0.717, 1.165) is 43.7 Å². The Morgan fingerprint density at radius 3 is 2.81 bits per heavy atom. The van der Waals surface area contributed by atoms with E-state index in [9.17, 15) is 4.39 Å². The van der Waals surface area contributed by atoms with Crippen LogP contribution in [0.5, 0.6) is 5.75 Å². The normalized spacial score (nSPS) is 24.6. The number of fused-ring (bicyclic) bond motifs is 1. The highest BCUT2D eigenvalue weighted by atomic mass is 19.1. The van der Waals surface area contributed by atoms with Gasteiger partial charge in [-0.3, -0.25) is 0 Å².